The number of hydrogen-bond acceptors (Lipinski definition) is 2. The first-order valence-electron chi connectivity index (χ1n) is 8.72. The minimum atomic E-state index is -0.150. The summed E-state index contributed by atoms with van der Waals surface area (Å²) in [5.74, 6) is -0.150. The van der Waals surface area contributed by atoms with Crippen LogP contribution in [0.1, 0.15) is 68.6 Å². The van der Waals surface area contributed by atoms with Gasteiger partial charge in [0.2, 0.25) is 0 Å². The third-order valence-electron chi connectivity index (χ3n) is 4.17. The highest BCUT2D eigenvalue weighted by molar-refractivity contribution is 6.03. The van der Waals surface area contributed by atoms with Crippen molar-refractivity contribution >= 4 is 11.6 Å². The summed E-state index contributed by atoms with van der Waals surface area (Å²) in [5, 5.41) is 4.37. The molecule has 0 aliphatic heterocycles. The van der Waals surface area contributed by atoms with E-state index in [-0.39, 0.29) is 5.91 Å². The number of unbranched alkanes of at least 4 members (excludes halogenated alkanes) is 4. The molecule has 1 fully saturated rings. The smallest absolute Gasteiger partial charge is 0.267 e. The van der Waals surface area contributed by atoms with E-state index in [2.05, 4.69) is 23.5 Å². The Hall–Kier alpha value is -1.97. The molecule has 0 atom stereocenters. The van der Waals surface area contributed by atoms with Crippen LogP contribution >= 0.6 is 0 Å². The minimum Gasteiger partial charge on any atom is -0.267 e. The van der Waals surface area contributed by atoms with Crippen molar-refractivity contribution in [1.82, 2.24) is 5.43 Å². The first-order chi connectivity index (χ1) is 11.2. The number of carbonyl (C=O) groups is 1. The molecule has 124 valence electrons. The quantitative estimate of drug-likeness (QED) is 0.466. The topological polar surface area (TPSA) is 45.3 Å². The van der Waals surface area contributed by atoms with Crippen LogP contribution in [0.2, 0.25) is 0 Å². The van der Waals surface area contributed by atoms with Crippen LogP contribution in [0.4, 0.5) is 0 Å². The van der Waals surface area contributed by atoms with Crippen LogP contribution in [0.15, 0.2) is 41.3 Å². The molecule has 4 heteroatoms. The molecule has 0 aromatic carbocycles. The van der Waals surface area contributed by atoms with E-state index >= 15 is 0 Å². The van der Waals surface area contributed by atoms with E-state index in [9.17, 15) is 4.79 Å². The number of nitrogens with zero attached hydrogens (tertiary/aromatic N) is 2. The summed E-state index contributed by atoms with van der Waals surface area (Å²) in [4.78, 5) is 12.1. The highest BCUT2D eigenvalue weighted by Crippen LogP contribution is 2.22. The standard InChI is InChI=1S/C19H27N3O/c1-3-4-5-6-7-10-16-11-8-13-18(16)20-21-19(23)17-12-9-14-22(2)15-17/h9-10,12,14-15H,3-8,11,13H2,1-2H3/p+1/b16-10+,20-18-. The molecule has 1 aromatic rings. The van der Waals surface area contributed by atoms with Gasteiger partial charge >= 0.3 is 0 Å². The van der Waals surface area contributed by atoms with Crippen molar-refractivity contribution in [2.75, 3.05) is 0 Å². The monoisotopic (exact) mass is 314 g/mol. The average molecular weight is 314 g/mol. The normalized spacial score (nSPS) is 17.8. The van der Waals surface area contributed by atoms with Gasteiger partial charge in [-0.05, 0) is 43.7 Å². The van der Waals surface area contributed by atoms with E-state index in [4.69, 9.17) is 0 Å². The van der Waals surface area contributed by atoms with E-state index in [1.165, 1.54) is 31.3 Å². The Morgan fingerprint density at radius 1 is 1.35 bits per heavy atom. The van der Waals surface area contributed by atoms with Crippen LogP contribution in [0.25, 0.3) is 0 Å². The number of allylic oxidation sites excluding steroid dienone is 2. The van der Waals surface area contributed by atoms with Crippen LogP contribution in [0.3, 0.4) is 0 Å². The number of aryl methyl sites for hydroxylation is 1. The van der Waals surface area contributed by atoms with Crippen LogP contribution in [-0.2, 0) is 7.05 Å². The SMILES string of the molecule is CCCCCC/C=C1\CCC\C1=N\NC(=O)c1ccc[n+](C)c1. The van der Waals surface area contributed by atoms with Crippen molar-refractivity contribution in [1.29, 1.82) is 0 Å². The number of aromatic nitrogens is 1. The van der Waals surface area contributed by atoms with E-state index < -0.39 is 0 Å². The molecule has 1 aliphatic rings. The lowest BCUT2D eigenvalue weighted by atomic mass is 10.1. The van der Waals surface area contributed by atoms with Gasteiger partial charge in [-0.1, -0.05) is 32.3 Å². The summed E-state index contributed by atoms with van der Waals surface area (Å²) in [7, 11) is 1.90. The van der Waals surface area contributed by atoms with Gasteiger partial charge in [0.05, 0.1) is 5.71 Å². The molecular weight excluding hydrogens is 286 g/mol. The Balaban J connectivity index is 1.90. The highest BCUT2D eigenvalue weighted by Gasteiger charge is 2.16. The molecule has 1 amide bonds. The minimum absolute atomic E-state index is 0.150. The maximum absolute atomic E-state index is 12.1. The number of carbonyl (C=O) groups excluding carboxylic acids is 1. The van der Waals surface area contributed by atoms with Gasteiger partial charge < -0.3 is 0 Å². The van der Waals surface area contributed by atoms with Crippen molar-refractivity contribution in [3.8, 4) is 0 Å². The highest BCUT2D eigenvalue weighted by atomic mass is 16.2. The number of hydrogen-bond donors (Lipinski definition) is 1. The lowest BCUT2D eigenvalue weighted by molar-refractivity contribution is -0.671. The molecule has 0 radical (unpaired) electrons. The fraction of sp³-hybridized carbons (Fsp3) is 0.526. The van der Waals surface area contributed by atoms with Crippen molar-refractivity contribution in [3.63, 3.8) is 0 Å². The van der Waals surface area contributed by atoms with E-state index in [1.54, 1.807) is 12.3 Å². The summed E-state index contributed by atoms with van der Waals surface area (Å²) in [5.41, 5.74) is 5.70. The molecule has 1 heterocycles. The second kappa shape index (κ2) is 9.23. The zero-order valence-corrected chi connectivity index (χ0v) is 14.3. The molecule has 0 unspecified atom stereocenters. The first kappa shape index (κ1) is 17.4. The predicted molar refractivity (Wildman–Crippen MR) is 93.2 cm³/mol. The number of nitrogens with one attached hydrogen (secondary N) is 1. The van der Waals surface area contributed by atoms with Crippen LogP contribution in [-0.4, -0.2) is 11.6 Å². The second-order valence-electron chi connectivity index (χ2n) is 6.19. The van der Waals surface area contributed by atoms with E-state index in [1.807, 2.05) is 23.9 Å². The van der Waals surface area contributed by atoms with Gasteiger partial charge in [0.1, 0.15) is 12.6 Å². The molecule has 0 bridgehead atoms. The lowest BCUT2D eigenvalue weighted by Gasteiger charge is -2.03. The molecule has 1 aliphatic carbocycles. The van der Waals surface area contributed by atoms with Crippen LogP contribution in [0, 0.1) is 0 Å². The maximum atomic E-state index is 12.1. The summed E-state index contributed by atoms with van der Waals surface area (Å²) < 4.78 is 1.86. The van der Waals surface area contributed by atoms with Gasteiger partial charge in [-0.3, -0.25) is 4.79 Å². The molecule has 2 rings (SSSR count). The third-order valence-corrected chi connectivity index (χ3v) is 4.17. The Morgan fingerprint density at radius 2 is 2.22 bits per heavy atom. The molecule has 0 spiro atoms. The summed E-state index contributed by atoms with van der Waals surface area (Å²) in [6.07, 6.45) is 15.5. The van der Waals surface area contributed by atoms with Crippen molar-refractivity contribution < 1.29 is 9.36 Å². The van der Waals surface area contributed by atoms with Crippen molar-refractivity contribution in [2.45, 2.75) is 58.3 Å². The molecule has 0 saturated heterocycles. The van der Waals surface area contributed by atoms with Gasteiger partial charge in [-0.25, -0.2) is 9.99 Å². The average Bonchev–Trinajstić information content (AvgIpc) is 3.00. The number of rotatable bonds is 7. The summed E-state index contributed by atoms with van der Waals surface area (Å²) in [6.45, 7) is 2.23. The van der Waals surface area contributed by atoms with Gasteiger partial charge in [0, 0.05) is 6.07 Å². The zero-order chi connectivity index (χ0) is 16.5. The number of pyridine rings is 1. The van der Waals surface area contributed by atoms with Crippen molar-refractivity contribution in [3.05, 3.63) is 41.7 Å². The second-order valence-corrected chi connectivity index (χ2v) is 6.19. The van der Waals surface area contributed by atoms with Gasteiger partial charge in [-0.15, -0.1) is 0 Å². The summed E-state index contributed by atoms with van der Waals surface area (Å²) >= 11 is 0. The first-order valence-corrected chi connectivity index (χ1v) is 8.72. The largest absolute Gasteiger partial charge is 0.277 e. The van der Waals surface area contributed by atoms with Gasteiger partial charge in [0.25, 0.3) is 5.91 Å². The fourth-order valence-electron chi connectivity index (χ4n) is 2.85. The third kappa shape index (κ3) is 5.62. The Morgan fingerprint density at radius 3 is 3.00 bits per heavy atom. The molecule has 1 aromatic heterocycles. The lowest BCUT2D eigenvalue weighted by Crippen LogP contribution is -2.30. The molecule has 23 heavy (non-hydrogen) atoms. The zero-order valence-electron chi connectivity index (χ0n) is 14.3. The van der Waals surface area contributed by atoms with Gasteiger partial charge in [-0.2, -0.15) is 5.10 Å². The van der Waals surface area contributed by atoms with Crippen molar-refractivity contribution in [2.24, 2.45) is 12.1 Å². The number of hydrazone groups is 1. The van der Waals surface area contributed by atoms with Crippen LogP contribution < -0.4 is 9.99 Å². The molecule has 1 N–H and O–H groups in total. The van der Waals surface area contributed by atoms with Crippen LogP contribution in [0.5, 0.6) is 0 Å². The maximum Gasteiger partial charge on any atom is 0.277 e. The Bertz CT molecular complexity index is 590. The molecular formula is C19H28N3O+. The number of amides is 1. The summed E-state index contributed by atoms with van der Waals surface area (Å²) in [6, 6.07) is 3.66. The van der Waals surface area contributed by atoms with Gasteiger partial charge in [0.15, 0.2) is 12.4 Å². The van der Waals surface area contributed by atoms with E-state index in [0.717, 1.165) is 31.4 Å². The Labute approximate surface area is 139 Å². The van der Waals surface area contributed by atoms with E-state index in [0.29, 0.717) is 5.56 Å². The molecule has 4 nitrogen and oxygen atoms in total. The predicted octanol–water partition coefficient (Wildman–Crippen LogP) is 3.68. The molecule has 1 saturated carbocycles. The fourth-order valence-corrected chi connectivity index (χ4v) is 2.85. The Kier molecular flexibility index (Phi) is 6.98.